The summed E-state index contributed by atoms with van der Waals surface area (Å²) in [5.74, 6) is 0.0367. The largest absolute Gasteiger partial charge is 0.409 e. The van der Waals surface area contributed by atoms with Gasteiger partial charge in [-0.15, -0.1) is 0 Å². The van der Waals surface area contributed by atoms with Gasteiger partial charge in [0.15, 0.2) is 13.9 Å². The molecule has 0 aromatic heterocycles. The SMILES string of the molecule is CC[Si](CC)(CC)O[C@H]1CON2O[C@@H](CO)C[C@]12C(=O)N1CCCC1. The lowest BCUT2D eigenvalue weighted by Crippen LogP contribution is -2.61. The minimum atomic E-state index is -1.90. The van der Waals surface area contributed by atoms with Crippen LogP contribution in [0.5, 0.6) is 0 Å². The maximum Gasteiger partial charge on any atom is 0.250 e. The van der Waals surface area contributed by atoms with Crippen LogP contribution in [0.1, 0.15) is 40.0 Å². The van der Waals surface area contributed by atoms with E-state index in [4.69, 9.17) is 14.1 Å². The number of amides is 1. The molecule has 1 N–H and O–H groups in total. The standard InChI is InChI=1S/C17H32N2O5Si/c1-4-25(5-2,6-3)24-15-13-22-19-17(15,11-14(12-20)23-19)16(21)18-9-7-8-10-18/h14-15,20H,4-13H2,1-3H3/t14-,15+,17-/m1/s1. The maximum absolute atomic E-state index is 13.5. The molecule has 3 fully saturated rings. The minimum absolute atomic E-state index is 0.0367. The van der Waals surface area contributed by atoms with E-state index < -0.39 is 20.0 Å². The van der Waals surface area contributed by atoms with Crippen molar-refractivity contribution in [2.45, 2.75) is 75.9 Å². The van der Waals surface area contributed by atoms with Crippen LogP contribution in [0.2, 0.25) is 18.1 Å². The fourth-order valence-corrected chi connectivity index (χ4v) is 7.25. The number of carbonyl (C=O) groups is 1. The van der Waals surface area contributed by atoms with Crippen LogP contribution < -0.4 is 0 Å². The molecule has 0 spiro atoms. The fourth-order valence-electron chi connectivity index (χ4n) is 4.38. The van der Waals surface area contributed by atoms with Crippen molar-refractivity contribution < 1.29 is 24.0 Å². The van der Waals surface area contributed by atoms with Gasteiger partial charge in [-0.25, -0.2) is 0 Å². The van der Waals surface area contributed by atoms with Crippen LogP contribution in [0.3, 0.4) is 0 Å². The average molecular weight is 373 g/mol. The number of likely N-dealkylation sites (tertiary alicyclic amines) is 1. The Labute approximate surface area is 151 Å². The number of hydrogen-bond acceptors (Lipinski definition) is 6. The molecule has 0 bridgehead atoms. The zero-order valence-electron chi connectivity index (χ0n) is 15.7. The van der Waals surface area contributed by atoms with E-state index >= 15 is 0 Å². The molecule has 25 heavy (non-hydrogen) atoms. The molecule has 0 unspecified atom stereocenters. The summed E-state index contributed by atoms with van der Waals surface area (Å²) >= 11 is 0. The third kappa shape index (κ3) is 3.17. The van der Waals surface area contributed by atoms with Gasteiger partial charge in [-0.2, -0.15) is 0 Å². The van der Waals surface area contributed by atoms with Crippen LogP contribution in [0.15, 0.2) is 0 Å². The summed E-state index contributed by atoms with van der Waals surface area (Å²) in [5.41, 5.74) is -0.949. The number of hydroxylamine groups is 2. The summed E-state index contributed by atoms with van der Waals surface area (Å²) in [4.78, 5) is 26.8. The number of rotatable bonds is 7. The minimum Gasteiger partial charge on any atom is -0.409 e. The first kappa shape index (κ1) is 19.3. The molecule has 3 saturated heterocycles. The van der Waals surface area contributed by atoms with Crippen molar-refractivity contribution in [1.82, 2.24) is 10.1 Å². The molecule has 144 valence electrons. The molecule has 3 atom stereocenters. The van der Waals surface area contributed by atoms with Crippen LogP contribution in [0.25, 0.3) is 0 Å². The third-order valence-corrected chi connectivity index (χ3v) is 10.9. The van der Waals surface area contributed by atoms with Crippen LogP contribution >= 0.6 is 0 Å². The Morgan fingerprint density at radius 1 is 1.24 bits per heavy atom. The van der Waals surface area contributed by atoms with E-state index in [0.29, 0.717) is 13.0 Å². The zero-order chi connectivity index (χ0) is 18.1. The van der Waals surface area contributed by atoms with Gasteiger partial charge in [0.2, 0.25) is 0 Å². The Morgan fingerprint density at radius 3 is 2.44 bits per heavy atom. The van der Waals surface area contributed by atoms with Crippen LogP contribution in [0, 0.1) is 0 Å². The highest BCUT2D eigenvalue weighted by Crippen LogP contribution is 2.44. The van der Waals surface area contributed by atoms with Gasteiger partial charge in [0.25, 0.3) is 5.91 Å². The highest BCUT2D eigenvalue weighted by atomic mass is 28.4. The average Bonchev–Trinajstić information content (AvgIpc) is 3.35. The Morgan fingerprint density at radius 2 is 1.88 bits per heavy atom. The summed E-state index contributed by atoms with van der Waals surface area (Å²) in [6, 6.07) is 3.07. The van der Waals surface area contributed by atoms with Gasteiger partial charge in [0.05, 0.1) is 13.2 Å². The Hall–Kier alpha value is -0.513. The smallest absolute Gasteiger partial charge is 0.250 e. The van der Waals surface area contributed by atoms with Crippen LogP contribution in [-0.2, 0) is 18.9 Å². The molecule has 0 aromatic rings. The van der Waals surface area contributed by atoms with E-state index in [0.717, 1.165) is 44.1 Å². The van der Waals surface area contributed by atoms with E-state index in [1.807, 2.05) is 4.90 Å². The number of aliphatic hydroxyl groups excluding tert-OH is 1. The predicted molar refractivity (Wildman–Crippen MR) is 95.0 cm³/mol. The molecule has 0 radical (unpaired) electrons. The molecule has 0 aliphatic carbocycles. The molecule has 3 heterocycles. The van der Waals surface area contributed by atoms with Crippen molar-refractivity contribution in [2.24, 2.45) is 0 Å². The monoisotopic (exact) mass is 372 g/mol. The van der Waals surface area contributed by atoms with E-state index in [1.165, 1.54) is 5.23 Å². The first-order chi connectivity index (χ1) is 12.0. The van der Waals surface area contributed by atoms with Crippen molar-refractivity contribution >= 4 is 14.2 Å². The van der Waals surface area contributed by atoms with E-state index in [-0.39, 0.29) is 18.6 Å². The number of nitrogens with zero attached hydrogens (tertiary/aromatic N) is 2. The first-order valence-corrected chi connectivity index (χ1v) is 12.3. The second-order valence-corrected chi connectivity index (χ2v) is 12.2. The second-order valence-electron chi connectivity index (χ2n) is 7.44. The van der Waals surface area contributed by atoms with Crippen molar-refractivity contribution in [3.8, 4) is 0 Å². The van der Waals surface area contributed by atoms with Crippen molar-refractivity contribution in [1.29, 1.82) is 0 Å². The quantitative estimate of drug-likeness (QED) is 0.686. The first-order valence-electron chi connectivity index (χ1n) is 9.73. The summed E-state index contributed by atoms with van der Waals surface area (Å²) in [7, 11) is -1.90. The van der Waals surface area contributed by atoms with Crippen molar-refractivity contribution in [3.05, 3.63) is 0 Å². The number of fused-ring (bicyclic) bond motifs is 1. The molecule has 3 aliphatic rings. The summed E-state index contributed by atoms with van der Waals surface area (Å²) in [6.07, 6.45) is 1.75. The molecule has 7 nitrogen and oxygen atoms in total. The lowest BCUT2D eigenvalue weighted by Gasteiger charge is -2.39. The predicted octanol–water partition coefficient (Wildman–Crippen LogP) is 1.68. The van der Waals surface area contributed by atoms with Gasteiger partial charge in [-0.1, -0.05) is 20.8 Å². The lowest BCUT2D eigenvalue weighted by atomic mass is 9.87. The van der Waals surface area contributed by atoms with E-state index in [1.54, 1.807) is 0 Å². The number of carbonyl (C=O) groups excluding carboxylic acids is 1. The summed E-state index contributed by atoms with van der Waals surface area (Å²) < 4.78 is 6.70. The van der Waals surface area contributed by atoms with E-state index in [9.17, 15) is 9.90 Å². The van der Waals surface area contributed by atoms with Gasteiger partial charge in [0, 0.05) is 19.5 Å². The highest BCUT2D eigenvalue weighted by Gasteiger charge is 2.65. The highest BCUT2D eigenvalue weighted by molar-refractivity contribution is 6.73. The van der Waals surface area contributed by atoms with Gasteiger partial charge in [-0.3, -0.25) is 14.5 Å². The topological polar surface area (TPSA) is 71.5 Å². The molecular formula is C17H32N2O5Si. The summed E-state index contributed by atoms with van der Waals surface area (Å²) in [6.45, 7) is 8.33. The molecule has 0 aromatic carbocycles. The Bertz CT molecular complexity index is 475. The molecule has 1 amide bonds. The molecule has 8 heteroatoms. The van der Waals surface area contributed by atoms with Crippen molar-refractivity contribution in [2.75, 3.05) is 26.3 Å². The Kier molecular flexibility index (Phi) is 5.87. The fraction of sp³-hybridized carbons (Fsp3) is 0.941. The lowest BCUT2D eigenvalue weighted by molar-refractivity contribution is -0.356. The normalized spacial score (nSPS) is 33.2. The maximum atomic E-state index is 13.5. The second kappa shape index (κ2) is 7.62. The Balaban J connectivity index is 1.90. The zero-order valence-corrected chi connectivity index (χ0v) is 16.7. The van der Waals surface area contributed by atoms with Gasteiger partial charge >= 0.3 is 0 Å². The molecular weight excluding hydrogens is 340 g/mol. The van der Waals surface area contributed by atoms with Gasteiger partial charge < -0.3 is 14.4 Å². The molecule has 3 rings (SSSR count). The van der Waals surface area contributed by atoms with Gasteiger partial charge in [-0.05, 0) is 36.2 Å². The number of hydrogen-bond donors (Lipinski definition) is 1. The third-order valence-electron chi connectivity index (χ3n) is 6.28. The summed E-state index contributed by atoms with van der Waals surface area (Å²) in [5, 5.41) is 10.9. The van der Waals surface area contributed by atoms with Crippen LogP contribution in [-0.4, -0.2) is 73.5 Å². The van der Waals surface area contributed by atoms with E-state index in [2.05, 4.69) is 20.8 Å². The van der Waals surface area contributed by atoms with Gasteiger partial charge in [0.1, 0.15) is 12.2 Å². The molecule has 0 saturated carbocycles. The number of aliphatic hydroxyl groups is 1. The van der Waals surface area contributed by atoms with Crippen LogP contribution in [0.4, 0.5) is 0 Å². The van der Waals surface area contributed by atoms with Crippen molar-refractivity contribution in [3.63, 3.8) is 0 Å². The molecule has 3 aliphatic heterocycles.